The Kier molecular flexibility index (Phi) is 6.15. The second kappa shape index (κ2) is 9.40. The van der Waals surface area contributed by atoms with E-state index in [2.05, 4.69) is 5.32 Å². The zero-order valence-electron chi connectivity index (χ0n) is 19.4. The van der Waals surface area contributed by atoms with Gasteiger partial charge in [0, 0.05) is 12.1 Å². The predicted molar refractivity (Wildman–Crippen MR) is 123 cm³/mol. The van der Waals surface area contributed by atoms with E-state index in [0.717, 1.165) is 36.1 Å². The topological polar surface area (TPSA) is 111 Å². The van der Waals surface area contributed by atoms with Gasteiger partial charge in [0.1, 0.15) is 0 Å². The Bertz CT molecular complexity index is 1210. The summed E-state index contributed by atoms with van der Waals surface area (Å²) in [5, 5.41) is 2.89. The second-order valence-corrected chi connectivity index (χ2v) is 9.03. The number of amides is 3. The third-order valence-electron chi connectivity index (χ3n) is 6.95. The molecule has 3 aliphatic rings. The molecule has 2 heterocycles. The Morgan fingerprint density at radius 2 is 1.77 bits per heavy atom. The number of methoxy groups -OCH3 is 1. The van der Waals surface area contributed by atoms with E-state index in [1.807, 2.05) is 0 Å². The van der Waals surface area contributed by atoms with Gasteiger partial charge in [-0.2, -0.15) is 0 Å². The average molecular weight is 479 g/mol. The van der Waals surface area contributed by atoms with E-state index in [1.165, 1.54) is 19.2 Å². The van der Waals surface area contributed by atoms with Crippen LogP contribution < -0.4 is 14.8 Å². The van der Waals surface area contributed by atoms with Gasteiger partial charge in [-0.1, -0.05) is 18.9 Å². The number of rotatable bonds is 6. The van der Waals surface area contributed by atoms with Crippen LogP contribution in [-0.4, -0.2) is 49.0 Å². The van der Waals surface area contributed by atoms with Crippen LogP contribution in [0.15, 0.2) is 36.4 Å². The van der Waals surface area contributed by atoms with Crippen molar-refractivity contribution >= 4 is 23.7 Å². The molecule has 0 bridgehead atoms. The van der Waals surface area contributed by atoms with Crippen LogP contribution in [0.2, 0.25) is 0 Å². The maximum Gasteiger partial charge on any atom is 0.309 e. The lowest BCUT2D eigenvalue weighted by atomic mass is 9.79. The Labute approximate surface area is 202 Å². The van der Waals surface area contributed by atoms with Crippen LogP contribution in [0.1, 0.15) is 62.3 Å². The number of imide groups is 1. The molecule has 3 amide bonds. The fourth-order valence-electron chi connectivity index (χ4n) is 5.04. The molecule has 2 aromatic rings. The third-order valence-corrected chi connectivity index (χ3v) is 6.95. The van der Waals surface area contributed by atoms with E-state index in [-0.39, 0.29) is 48.2 Å². The number of hydrogen-bond donors (Lipinski definition) is 1. The highest BCUT2D eigenvalue weighted by Crippen LogP contribution is 2.34. The molecule has 2 aliphatic heterocycles. The molecular weight excluding hydrogens is 452 g/mol. The molecule has 9 heteroatoms. The van der Waals surface area contributed by atoms with Crippen molar-refractivity contribution in [3.05, 3.63) is 58.7 Å². The molecule has 1 fully saturated rings. The Balaban J connectivity index is 1.27. The van der Waals surface area contributed by atoms with Gasteiger partial charge in [-0.3, -0.25) is 24.1 Å². The molecule has 0 radical (unpaired) electrons. The highest BCUT2D eigenvalue weighted by Gasteiger charge is 2.36. The summed E-state index contributed by atoms with van der Waals surface area (Å²) >= 11 is 0. The molecule has 9 nitrogen and oxygen atoms in total. The van der Waals surface area contributed by atoms with E-state index < -0.39 is 11.8 Å². The van der Waals surface area contributed by atoms with Crippen molar-refractivity contribution in [2.45, 2.75) is 32.2 Å². The van der Waals surface area contributed by atoms with Crippen LogP contribution in [-0.2, 0) is 16.1 Å². The first-order valence-electron chi connectivity index (χ1n) is 11.7. The summed E-state index contributed by atoms with van der Waals surface area (Å²) < 4.78 is 15.6. The van der Waals surface area contributed by atoms with Crippen LogP contribution in [0.3, 0.4) is 0 Å². The summed E-state index contributed by atoms with van der Waals surface area (Å²) in [5.41, 5.74) is 1.49. The van der Waals surface area contributed by atoms with E-state index in [0.29, 0.717) is 23.6 Å². The molecular formula is C26H26N2O7. The fraction of sp³-hybridized carbons (Fsp3) is 0.385. The summed E-state index contributed by atoms with van der Waals surface area (Å²) in [7, 11) is 1.38. The van der Waals surface area contributed by atoms with Crippen molar-refractivity contribution in [1.29, 1.82) is 0 Å². The number of fused-ring (bicyclic) bond motifs is 2. The van der Waals surface area contributed by atoms with Crippen molar-refractivity contribution in [2.75, 3.05) is 20.4 Å². The minimum atomic E-state index is -0.449. The number of carbonyl (C=O) groups excluding carboxylic acids is 4. The van der Waals surface area contributed by atoms with Crippen molar-refractivity contribution in [2.24, 2.45) is 11.8 Å². The largest absolute Gasteiger partial charge is 0.469 e. The van der Waals surface area contributed by atoms with E-state index in [9.17, 15) is 19.2 Å². The van der Waals surface area contributed by atoms with Crippen molar-refractivity contribution in [3.63, 3.8) is 0 Å². The maximum absolute atomic E-state index is 13.0. The summed E-state index contributed by atoms with van der Waals surface area (Å²) in [6, 6.07) is 9.79. The van der Waals surface area contributed by atoms with Gasteiger partial charge in [0.2, 0.25) is 6.79 Å². The lowest BCUT2D eigenvalue weighted by molar-refractivity contribution is -0.148. The van der Waals surface area contributed by atoms with Crippen LogP contribution in [0.4, 0.5) is 0 Å². The third kappa shape index (κ3) is 4.34. The molecule has 2 unspecified atom stereocenters. The van der Waals surface area contributed by atoms with Crippen LogP contribution in [0.5, 0.6) is 11.5 Å². The zero-order chi connectivity index (χ0) is 24.5. The quantitative estimate of drug-likeness (QED) is 0.502. The minimum absolute atomic E-state index is 0.00924. The van der Waals surface area contributed by atoms with E-state index in [4.69, 9.17) is 14.2 Å². The fourth-order valence-corrected chi connectivity index (χ4v) is 5.04. The van der Waals surface area contributed by atoms with Gasteiger partial charge in [-0.25, -0.2) is 0 Å². The molecule has 182 valence electrons. The van der Waals surface area contributed by atoms with Crippen molar-refractivity contribution < 1.29 is 33.4 Å². The number of ether oxygens (including phenoxy) is 3. The molecule has 5 rings (SSSR count). The summed E-state index contributed by atoms with van der Waals surface area (Å²) in [6.45, 7) is 0.570. The van der Waals surface area contributed by atoms with Gasteiger partial charge in [0.25, 0.3) is 17.7 Å². The van der Waals surface area contributed by atoms with Crippen LogP contribution in [0.25, 0.3) is 0 Å². The second-order valence-electron chi connectivity index (χ2n) is 9.03. The van der Waals surface area contributed by atoms with Crippen molar-refractivity contribution in [1.82, 2.24) is 10.2 Å². The molecule has 1 aliphatic carbocycles. The number of hydrogen-bond acceptors (Lipinski definition) is 7. The molecule has 0 saturated heterocycles. The van der Waals surface area contributed by atoms with E-state index >= 15 is 0 Å². The summed E-state index contributed by atoms with van der Waals surface area (Å²) in [6.07, 6.45) is 3.56. The number of nitrogens with one attached hydrogen (secondary N) is 1. The van der Waals surface area contributed by atoms with Crippen molar-refractivity contribution in [3.8, 4) is 11.5 Å². The molecule has 0 spiro atoms. The van der Waals surface area contributed by atoms with Gasteiger partial charge in [-0.15, -0.1) is 0 Å². The highest BCUT2D eigenvalue weighted by molar-refractivity contribution is 6.22. The monoisotopic (exact) mass is 478 g/mol. The van der Waals surface area contributed by atoms with Gasteiger partial charge < -0.3 is 19.5 Å². The highest BCUT2D eigenvalue weighted by atomic mass is 16.7. The first-order chi connectivity index (χ1) is 17.0. The molecule has 35 heavy (non-hydrogen) atoms. The normalized spacial score (nSPS) is 20.5. The first kappa shape index (κ1) is 22.9. The number of carbonyl (C=O) groups is 4. The SMILES string of the molecule is COC(=O)C1CCCCC1CNC(=O)c1ccc2c(c1)C(=O)N(Cc1ccc3c(c1)OCO3)C2=O. The Morgan fingerprint density at radius 3 is 2.60 bits per heavy atom. The number of benzene rings is 2. The molecule has 2 aromatic carbocycles. The number of esters is 1. The minimum Gasteiger partial charge on any atom is -0.469 e. The Hall–Kier alpha value is -3.88. The first-order valence-corrected chi connectivity index (χ1v) is 11.7. The summed E-state index contributed by atoms with van der Waals surface area (Å²) in [4.78, 5) is 52.0. The summed E-state index contributed by atoms with van der Waals surface area (Å²) in [5.74, 6) is -0.464. The zero-order valence-corrected chi connectivity index (χ0v) is 19.4. The van der Waals surface area contributed by atoms with Crippen LogP contribution >= 0.6 is 0 Å². The molecule has 0 aromatic heterocycles. The molecule has 1 saturated carbocycles. The smallest absolute Gasteiger partial charge is 0.309 e. The average Bonchev–Trinajstić information content (AvgIpc) is 3.45. The van der Waals surface area contributed by atoms with E-state index in [1.54, 1.807) is 24.3 Å². The standard InChI is InChI=1S/C26H26N2O7/c1-33-26(32)18-5-3-2-4-17(18)12-27-23(29)16-7-8-19-20(11-16)25(31)28(24(19)30)13-15-6-9-21-22(10-15)35-14-34-21/h6-11,17-18H,2-5,12-14H2,1H3,(H,27,29). The molecule has 2 atom stereocenters. The lowest BCUT2D eigenvalue weighted by Gasteiger charge is -2.29. The maximum atomic E-state index is 13.0. The predicted octanol–water partition coefficient (Wildman–Crippen LogP) is 2.92. The van der Waals surface area contributed by atoms with Gasteiger partial charge in [-0.05, 0) is 54.7 Å². The molecule has 1 N–H and O–H groups in total. The Morgan fingerprint density at radius 1 is 1.00 bits per heavy atom. The van der Waals surface area contributed by atoms with Gasteiger partial charge in [0.05, 0.1) is 30.7 Å². The van der Waals surface area contributed by atoms with Gasteiger partial charge >= 0.3 is 5.97 Å². The van der Waals surface area contributed by atoms with Crippen LogP contribution in [0, 0.1) is 11.8 Å². The lowest BCUT2D eigenvalue weighted by Crippen LogP contribution is -2.37. The number of nitrogens with zero attached hydrogens (tertiary/aromatic N) is 1. The van der Waals surface area contributed by atoms with Gasteiger partial charge in [0.15, 0.2) is 11.5 Å².